The fourth-order valence-electron chi connectivity index (χ4n) is 2.97. The van der Waals surface area contributed by atoms with Gasteiger partial charge in [-0.05, 0) is 41.7 Å². The van der Waals surface area contributed by atoms with Crippen LogP contribution in [0.25, 0.3) is 23.1 Å². The summed E-state index contributed by atoms with van der Waals surface area (Å²) in [6.45, 7) is 7.84. The lowest BCUT2D eigenvalue weighted by Gasteiger charge is -2.13. The molecule has 0 aliphatic heterocycles. The zero-order chi connectivity index (χ0) is 16.8. The van der Waals surface area contributed by atoms with Gasteiger partial charge >= 0.3 is 0 Å². The number of hydrogen-bond donors (Lipinski definition) is 0. The number of fused-ring (bicyclic) bond motifs is 1. The van der Waals surface area contributed by atoms with Crippen molar-refractivity contribution in [1.82, 2.24) is 4.98 Å². The highest BCUT2D eigenvalue weighted by molar-refractivity contribution is 5.86. The van der Waals surface area contributed by atoms with Crippen LogP contribution >= 0.6 is 0 Å². The van der Waals surface area contributed by atoms with E-state index in [1.54, 1.807) is 0 Å². The molecule has 3 rings (SSSR count). The van der Waals surface area contributed by atoms with Crippen LogP contribution in [0.1, 0.15) is 22.4 Å². The molecule has 118 valence electrons. The maximum absolute atomic E-state index is 4.88. The van der Waals surface area contributed by atoms with E-state index in [9.17, 15) is 0 Å². The van der Waals surface area contributed by atoms with Crippen LogP contribution < -0.4 is 0 Å². The summed E-state index contributed by atoms with van der Waals surface area (Å²) in [7, 11) is 0. The van der Waals surface area contributed by atoms with E-state index in [0.29, 0.717) is 0 Å². The minimum Gasteiger partial charge on any atom is -0.248 e. The smallest absolute Gasteiger partial charge is 0.0712 e. The van der Waals surface area contributed by atoms with Gasteiger partial charge in [0.15, 0.2) is 0 Å². The highest BCUT2D eigenvalue weighted by Crippen LogP contribution is 2.26. The van der Waals surface area contributed by atoms with Crippen LogP contribution in [0.4, 0.5) is 0 Å². The predicted octanol–water partition coefficient (Wildman–Crippen LogP) is 5.86. The first kappa shape index (κ1) is 15.9. The maximum atomic E-state index is 4.88. The first-order valence-electron chi connectivity index (χ1n) is 8.19. The van der Waals surface area contributed by atoms with E-state index in [4.69, 9.17) is 4.98 Å². The molecule has 0 saturated carbocycles. The Bertz CT molecular complexity index is 889. The predicted molar refractivity (Wildman–Crippen MR) is 105 cm³/mol. The molecule has 0 aliphatic carbocycles. The summed E-state index contributed by atoms with van der Waals surface area (Å²) in [5.74, 6) is 0. The standard InChI is InChI=1S/C23H21N/c1-3-10-19-20(11-4-2)23(17-16-18-12-6-5-7-13-18)24-22-15-9-8-14-21(19)22/h3-9,12-17H,1-2,10-11H2. The Labute approximate surface area is 143 Å². The zero-order valence-electron chi connectivity index (χ0n) is 13.8. The van der Waals surface area contributed by atoms with E-state index in [1.165, 1.54) is 22.1 Å². The minimum atomic E-state index is 0.801. The van der Waals surface area contributed by atoms with Gasteiger partial charge in [0.25, 0.3) is 0 Å². The molecule has 0 radical (unpaired) electrons. The highest BCUT2D eigenvalue weighted by Gasteiger charge is 2.11. The highest BCUT2D eigenvalue weighted by atomic mass is 14.7. The van der Waals surface area contributed by atoms with Crippen LogP contribution in [-0.4, -0.2) is 4.98 Å². The molecule has 1 nitrogen and oxygen atoms in total. The summed E-state index contributed by atoms with van der Waals surface area (Å²) in [5.41, 5.74) is 5.73. The molecule has 1 heteroatoms. The molecule has 24 heavy (non-hydrogen) atoms. The third-order valence-electron chi connectivity index (χ3n) is 4.07. The Hall–Kier alpha value is -2.93. The fraction of sp³-hybridized carbons (Fsp3) is 0.0870. The van der Waals surface area contributed by atoms with E-state index in [0.717, 1.165) is 24.1 Å². The molecule has 2 aromatic carbocycles. The Morgan fingerprint density at radius 3 is 2.17 bits per heavy atom. The van der Waals surface area contributed by atoms with Gasteiger partial charge in [-0.1, -0.05) is 66.8 Å². The van der Waals surface area contributed by atoms with Crippen LogP contribution in [0.5, 0.6) is 0 Å². The summed E-state index contributed by atoms with van der Waals surface area (Å²) >= 11 is 0. The number of rotatable bonds is 6. The molecule has 0 N–H and O–H groups in total. The fourth-order valence-corrected chi connectivity index (χ4v) is 2.97. The van der Waals surface area contributed by atoms with Crippen molar-refractivity contribution in [1.29, 1.82) is 0 Å². The van der Waals surface area contributed by atoms with Gasteiger partial charge in [0.2, 0.25) is 0 Å². The lowest BCUT2D eigenvalue weighted by molar-refractivity contribution is 1.13. The van der Waals surface area contributed by atoms with Gasteiger partial charge in [-0.3, -0.25) is 0 Å². The van der Waals surface area contributed by atoms with Crippen molar-refractivity contribution >= 4 is 23.1 Å². The third-order valence-corrected chi connectivity index (χ3v) is 4.07. The Balaban J connectivity index is 2.18. The first-order chi connectivity index (χ1) is 11.8. The van der Waals surface area contributed by atoms with Crippen LogP contribution in [0.15, 0.2) is 79.9 Å². The van der Waals surface area contributed by atoms with Crippen molar-refractivity contribution in [3.05, 3.63) is 102 Å². The molecular weight excluding hydrogens is 290 g/mol. The molecule has 0 amide bonds. The monoisotopic (exact) mass is 311 g/mol. The van der Waals surface area contributed by atoms with E-state index >= 15 is 0 Å². The molecule has 3 aromatic rings. The van der Waals surface area contributed by atoms with Crippen molar-refractivity contribution in [3.8, 4) is 0 Å². The Morgan fingerprint density at radius 1 is 0.750 bits per heavy atom. The van der Waals surface area contributed by atoms with Gasteiger partial charge in [0.05, 0.1) is 11.2 Å². The molecule has 1 heterocycles. The molecule has 0 atom stereocenters. The number of nitrogens with zero attached hydrogens (tertiary/aromatic N) is 1. The molecule has 1 aromatic heterocycles. The van der Waals surface area contributed by atoms with Gasteiger partial charge in [0, 0.05) is 5.39 Å². The van der Waals surface area contributed by atoms with E-state index < -0.39 is 0 Å². The Morgan fingerprint density at radius 2 is 1.42 bits per heavy atom. The molecule has 0 bridgehead atoms. The zero-order valence-corrected chi connectivity index (χ0v) is 13.8. The lowest BCUT2D eigenvalue weighted by atomic mass is 9.95. The summed E-state index contributed by atoms with van der Waals surface area (Å²) in [4.78, 5) is 4.88. The van der Waals surface area contributed by atoms with Crippen LogP contribution in [0, 0.1) is 0 Å². The summed E-state index contributed by atoms with van der Waals surface area (Å²) in [6, 6.07) is 18.6. The van der Waals surface area contributed by atoms with Gasteiger partial charge in [0.1, 0.15) is 0 Å². The second-order valence-electron chi connectivity index (χ2n) is 5.70. The van der Waals surface area contributed by atoms with E-state index in [1.807, 2.05) is 36.4 Å². The lowest BCUT2D eigenvalue weighted by Crippen LogP contribution is -2.01. The topological polar surface area (TPSA) is 12.9 Å². The second-order valence-corrected chi connectivity index (χ2v) is 5.70. The minimum absolute atomic E-state index is 0.801. The molecule has 0 spiro atoms. The SMILES string of the molecule is C=CCc1c(C=Cc2ccccc2)nc2ccccc2c1CC=C. The molecule has 0 unspecified atom stereocenters. The second kappa shape index (κ2) is 7.56. The number of allylic oxidation sites excluding steroid dienone is 2. The molecule has 0 saturated heterocycles. The average molecular weight is 311 g/mol. The van der Waals surface area contributed by atoms with Crippen LogP contribution in [0.3, 0.4) is 0 Å². The third kappa shape index (κ3) is 3.36. The van der Waals surface area contributed by atoms with Gasteiger partial charge in [-0.2, -0.15) is 0 Å². The van der Waals surface area contributed by atoms with Crippen molar-refractivity contribution in [2.75, 3.05) is 0 Å². The Kier molecular flexibility index (Phi) is 5.02. The number of para-hydroxylation sites is 1. The molecule has 0 aliphatic rings. The summed E-state index contributed by atoms with van der Waals surface area (Å²) < 4.78 is 0. The largest absolute Gasteiger partial charge is 0.248 e. The number of pyridine rings is 1. The van der Waals surface area contributed by atoms with Crippen molar-refractivity contribution in [2.45, 2.75) is 12.8 Å². The number of aromatic nitrogens is 1. The normalized spacial score (nSPS) is 11.0. The van der Waals surface area contributed by atoms with Crippen molar-refractivity contribution < 1.29 is 0 Å². The summed E-state index contributed by atoms with van der Waals surface area (Å²) in [5, 5.41) is 1.20. The molecule has 0 fully saturated rings. The van der Waals surface area contributed by atoms with E-state index in [-0.39, 0.29) is 0 Å². The van der Waals surface area contributed by atoms with Crippen LogP contribution in [0.2, 0.25) is 0 Å². The number of benzene rings is 2. The van der Waals surface area contributed by atoms with Gasteiger partial charge < -0.3 is 0 Å². The van der Waals surface area contributed by atoms with Gasteiger partial charge in [-0.25, -0.2) is 4.98 Å². The van der Waals surface area contributed by atoms with Gasteiger partial charge in [-0.15, -0.1) is 13.2 Å². The maximum Gasteiger partial charge on any atom is 0.0712 e. The quantitative estimate of drug-likeness (QED) is 0.519. The molecular formula is C23H21N. The average Bonchev–Trinajstić information content (AvgIpc) is 2.63. The first-order valence-corrected chi connectivity index (χ1v) is 8.19. The summed E-state index contributed by atoms with van der Waals surface area (Å²) in [6.07, 6.45) is 9.75. The van der Waals surface area contributed by atoms with E-state index in [2.05, 4.69) is 55.6 Å². The van der Waals surface area contributed by atoms with Crippen LogP contribution in [-0.2, 0) is 12.8 Å². The van der Waals surface area contributed by atoms with Crippen molar-refractivity contribution in [3.63, 3.8) is 0 Å². The van der Waals surface area contributed by atoms with Crippen molar-refractivity contribution in [2.24, 2.45) is 0 Å². The number of hydrogen-bond acceptors (Lipinski definition) is 1.